The van der Waals surface area contributed by atoms with E-state index in [1.54, 1.807) is 18.2 Å². The molecule has 4 aromatic carbocycles. The van der Waals surface area contributed by atoms with Crippen LogP contribution in [0.1, 0.15) is 84.1 Å². The summed E-state index contributed by atoms with van der Waals surface area (Å²) in [7, 11) is 0. The van der Waals surface area contributed by atoms with Crippen LogP contribution in [0.25, 0.3) is 11.1 Å². The van der Waals surface area contributed by atoms with Crippen molar-refractivity contribution in [1.82, 2.24) is 0 Å². The Morgan fingerprint density at radius 1 is 0.810 bits per heavy atom. The molecule has 0 aliphatic heterocycles. The Labute approximate surface area is 250 Å². The van der Waals surface area contributed by atoms with Crippen molar-refractivity contribution in [2.24, 2.45) is 0 Å². The summed E-state index contributed by atoms with van der Waals surface area (Å²) in [6, 6.07) is 25.1. The Morgan fingerprint density at radius 3 is 2.17 bits per heavy atom. The Hall–Kier alpha value is -4.25. The molecule has 0 atom stereocenters. The van der Waals surface area contributed by atoms with Gasteiger partial charge in [0.25, 0.3) is 0 Å². The number of hydrogen-bond acceptors (Lipinski definition) is 5. The van der Waals surface area contributed by atoms with Crippen LogP contribution in [-0.4, -0.2) is 24.2 Å². The van der Waals surface area contributed by atoms with Crippen molar-refractivity contribution in [2.45, 2.75) is 66.4 Å². The highest BCUT2D eigenvalue weighted by molar-refractivity contribution is 5.96. The molecular formula is C37H43NO4. The van der Waals surface area contributed by atoms with E-state index in [1.165, 1.54) is 22.4 Å². The van der Waals surface area contributed by atoms with Crippen LogP contribution < -0.4 is 10.1 Å². The summed E-state index contributed by atoms with van der Waals surface area (Å²) in [6.45, 7) is 14.5. The van der Waals surface area contributed by atoms with Crippen LogP contribution in [0.5, 0.6) is 11.5 Å². The number of ether oxygens (including phenoxy) is 2. The van der Waals surface area contributed by atoms with Gasteiger partial charge in [0.05, 0.1) is 6.61 Å². The van der Waals surface area contributed by atoms with Crippen LogP contribution in [0.3, 0.4) is 0 Å². The summed E-state index contributed by atoms with van der Waals surface area (Å²) in [5, 5.41) is 14.9. The van der Waals surface area contributed by atoms with Gasteiger partial charge in [-0.1, -0.05) is 99.5 Å². The Bertz CT molecular complexity index is 1480. The van der Waals surface area contributed by atoms with Gasteiger partial charge < -0.3 is 19.9 Å². The zero-order chi connectivity index (χ0) is 30.2. The van der Waals surface area contributed by atoms with Gasteiger partial charge in [-0.25, -0.2) is 4.79 Å². The van der Waals surface area contributed by atoms with Crippen molar-refractivity contribution < 1.29 is 19.4 Å². The molecule has 0 aliphatic rings. The highest BCUT2D eigenvalue weighted by Crippen LogP contribution is 2.39. The molecule has 0 saturated heterocycles. The average molecular weight is 566 g/mol. The third-order valence-electron chi connectivity index (χ3n) is 7.36. The van der Waals surface area contributed by atoms with E-state index in [9.17, 15) is 9.90 Å². The van der Waals surface area contributed by atoms with Crippen LogP contribution in [-0.2, 0) is 11.3 Å². The molecule has 0 bridgehead atoms. The highest BCUT2D eigenvalue weighted by atomic mass is 16.5. The van der Waals surface area contributed by atoms with E-state index in [-0.39, 0.29) is 17.9 Å². The molecule has 220 valence electrons. The van der Waals surface area contributed by atoms with Crippen molar-refractivity contribution in [1.29, 1.82) is 0 Å². The largest absolute Gasteiger partial charge is 0.506 e. The zero-order valence-electron chi connectivity index (χ0n) is 25.7. The van der Waals surface area contributed by atoms with E-state index in [0.717, 1.165) is 29.7 Å². The minimum atomic E-state index is -0.572. The van der Waals surface area contributed by atoms with Crippen molar-refractivity contribution >= 4 is 11.7 Å². The van der Waals surface area contributed by atoms with Gasteiger partial charge in [-0.3, -0.25) is 0 Å². The predicted molar refractivity (Wildman–Crippen MR) is 172 cm³/mol. The van der Waals surface area contributed by atoms with Gasteiger partial charge in [0.2, 0.25) is 0 Å². The Morgan fingerprint density at radius 2 is 1.50 bits per heavy atom. The summed E-state index contributed by atoms with van der Waals surface area (Å²) in [4.78, 5) is 12.9. The summed E-state index contributed by atoms with van der Waals surface area (Å²) < 4.78 is 11.7. The van der Waals surface area contributed by atoms with Crippen LogP contribution >= 0.6 is 0 Å². The number of phenols is 1. The van der Waals surface area contributed by atoms with E-state index in [1.807, 2.05) is 55.5 Å². The van der Waals surface area contributed by atoms with Gasteiger partial charge in [0.15, 0.2) is 0 Å². The lowest BCUT2D eigenvalue weighted by atomic mass is 9.90. The fourth-order valence-corrected chi connectivity index (χ4v) is 5.13. The van der Waals surface area contributed by atoms with Crippen molar-refractivity contribution in [3.63, 3.8) is 0 Å². The molecule has 0 amide bonds. The van der Waals surface area contributed by atoms with E-state index in [2.05, 4.69) is 52.1 Å². The Kier molecular flexibility index (Phi) is 10.3. The first-order chi connectivity index (χ1) is 20.2. The number of phenolic OH excluding ortho intramolecular Hbond substituents is 1. The summed E-state index contributed by atoms with van der Waals surface area (Å²) in [5.74, 6) is 0.823. The molecule has 4 aromatic rings. The molecule has 0 aliphatic carbocycles. The van der Waals surface area contributed by atoms with Crippen molar-refractivity contribution in [3.05, 3.63) is 112 Å². The molecule has 0 radical (unpaired) electrons. The van der Waals surface area contributed by atoms with Gasteiger partial charge >= 0.3 is 5.97 Å². The maximum absolute atomic E-state index is 12.9. The van der Waals surface area contributed by atoms with Crippen LogP contribution in [0.2, 0.25) is 0 Å². The second-order valence-electron chi connectivity index (χ2n) is 11.5. The zero-order valence-corrected chi connectivity index (χ0v) is 25.7. The minimum absolute atomic E-state index is 0.116. The van der Waals surface area contributed by atoms with Crippen LogP contribution in [0, 0.1) is 13.8 Å². The third-order valence-corrected chi connectivity index (χ3v) is 7.36. The number of para-hydroxylation sites is 1. The smallest absolute Gasteiger partial charge is 0.342 e. The number of carbonyl (C=O) groups excluding carboxylic acids is 1. The average Bonchev–Trinajstić information content (AvgIpc) is 2.97. The van der Waals surface area contributed by atoms with Gasteiger partial charge in [0.1, 0.15) is 23.7 Å². The summed E-state index contributed by atoms with van der Waals surface area (Å²) in [6.07, 6.45) is 0.800. The molecule has 5 nitrogen and oxygen atoms in total. The SMILES string of the molecule is Cc1ccc(OCCCNc2c(C(C)C)cc(C)cc2C(C)C)c(-c2cccc(C(=O)OCc3ccccc3)c2O)c1. The molecule has 0 spiro atoms. The normalized spacial score (nSPS) is 11.1. The van der Waals surface area contributed by atoms with E-state index in [4.69, 9.17) is 9.47 Å². The number of hydrogen-bond donors (Lipinski definition) is 2. The van der Waals surface area contributed by atoms with Gasteiger partial charge in [-0.2, -0.15) is 0 Å². The minimum Gasteiger partial charge on any atom is -0.506 e. The number of esters is 1. The molecule has 2 N–H and O–H groups in total. The third kappa shape index (κ3) is 7.52. The van der Waals surface area contributed by atoms with Crippen LogP contribution in [0.15, 0.2) is 78.9 Å². The molecular weight excluding hydrogens is 522 g/mol. The van der Waals surface area contributed by atoms with Crippen LogP contribution in [0.4, 0.5) is 5.69 Å². The monoisotopic (exact) mass is 565 g/mol. The lowest BCUT2D eigenvalue weighted by Gasteiger charge is -2.22. The first-order valence-corrected chi connectivity index (χ1v) is 14.8. The lowest BCUT2D eigenvalue weighted by Crippen LogP contribution is -2.12. The maximum atomic E-state index is 12.9. The number of carbonyl (C=O) groups is 1. The molecule has 5 heteroatoms. The summed E-state index contributed by atoms with van der Waals surface area (Å²) >= 11 is 0. The highest BCUT2D eigenvalue weighted by Gasteiger charge is 2.19. The molecule has 4 rings (SSSR count). The number of aryl methyl sites for hydroxylation is 2. The van der Waals surface area contributed by atoms with Crippen molar-refractivity contribution in [2.75, 3.05) is 18.5 Å². The lowest BCUT2D eigenvalue weighted by molar-refractivity contribution is 0.0469. The molecule has 0 heterocycles. The number of aromatic hydroxyl groups is 1. The second kappa shape index (κ2) is 14.1. The van der Waals surface area contributed by atoms with Gasteiger partial charge in [0, 0.05) is 23.4 Å². The maximum Gasteiger partial charge on any atom is 0.342 e. The standard InChI is InChI=1S/C37H43NO4/c1-24(2)31-21-27(6)22-32(25(3)4)35(31)38-18-11-19-41-34-17-16-26(5)20-33(34)29-14-10-15-30(36(29)39)37(40)42-23-28-12-8-7-9-13-28/h7-10,12-17,20-22,24-25,38-39H,11,18-19,23H2,1-6H3. The fraction of sp³-hybridized carbons (Fsp3) is 0.324. The molecule has 0 aromatic heterocycles. The fourth-order valence-electron chi connectivity index (χ4n) is 5.13. The van der Waals surface area contributed by atoms with Crippen molar-refractivity contribution in [3.8, 4) is 22.6 Å². The molecule has 0 fully saturated rings. The first kappa shape index (κ1) is 30.7. The predicted octanol–water partition coefficient (Wildman–Crippen LogP) is 9.16. The Balaban J connectivity index is 1.46. The van der Waals surface area contributed by atoms with Gasteiger partial charge in [-0.05, 0) is 67.0 Å². The quantitative estimate of drug-likeness (QED) is 0.132. The molecule has 0 saturated carbocycles. The van der Waals surface area contributed by atoms with E-state index >= 15 is 0 Å². The van der Waals surface area contributed by atoms with E-state index < -0.39 is 5.97 Å². The number of anilines is 1. The number of rotatable bonds is 12. The van der Waals surface area contributed by atoms with E-state index in [0.29, 0.717) is 29.8 Å². The topological polar surface area (TPSA) is 67.8 Å². The van der Waals surface area contributed by atoms with Gasteiger partial charge in [-0.15, -0.1) is 0 Å². The summed E-state index contributed by atoms with van der Waals surface area (Å²) in [5.41, 5.74) is 8.52. The molecule has 42 heavy (non-hydrogen) atoms. The first-order valence-electron chi connectivity index (χ1n) is 14.8. The second-order valence-corrected chi connectivity index (χ2v) is 11.5. The number of benzene rings is 4. The number of nitrogens with one attached hydrogen (secondary N) is 1. The molecule has 0 unspecified atom stereocenters.